The molecule has 0 spiro atoms. The maximum absolute atomic E-state index is 14.1. The smallest absolute Gasteiger partial charge is 0.337 e. The Labute approximate surface area is 208 Å². The number of benzene rings is 2. The van der Waals surface area contributed by atoms with Crippen molar-refractivity contribution in [2.75, 3.05) is 14.2 Å². The molecule has 2 aromatic carbocycles. The lowest BCUT2D eigenvalue weighted by molar-refractivity contribution is 0.392. The van der Waals surface area contributed by atoms with Crippen molar-refractivity contribution in [3.63, 3.8) is 0 Å². The molecule has 0 radical (unpaired) electrons. The topological polar surface area (TPSA) is 62.5 Å². The molecule has 1 aliphatic rings. The third kappa shape index (κ3) is 3.88. The number of hydrogen-bond donors (Lipinski definition) is 0. The highest BCUT2D eigenvalue weighted by Crippen LogP contribution is 2.35. The molecule has 6 nitrogen and oxygen atoms in total. The summed E-state index contributed by atoms with van der Waals surface area (Å²) in [4.78, 5) is 30.0. The van der Waals surface area contributed by atoms with Gasteiger partial charge in [-0.05, 0) is 80.8 Å². The van der Waals surface area contributed by atoms with Crippen LogP contribution in [-0.4, -0.2) is 23.4 Å². The lowest BCUT2D eigenvalue weighted by Crippen LogP contribution is -2.39. The number of aryl methyl sites for hydroxylation is 5. The number of ether oxygens (including phenoxy) is 2. The van der Waals surface area contributed by atoms with Gasteiger partial charge >= 0.3 is 5.69 Å². The SMILES string of the molecule is COc1ccc(-n2c(=O)c3c4c(sc3n(Cc3c(C)cc(C)cc3C)c2=O)CCCC4)c(OC)c1. The van der Waals surface area contributed by atoms with Crippen LogP contribution in [-0.2, 0) is 19.4 Å². The van der Waals surface area contributed by atoms with Crippen LogP contribution in [0.4, 0.5) is 0 Å². The number of thiophene rings is 1. The minimum Gasteiger partial charge on any atom is -0.497 e. The third-order valence-electron chi connectivity index (χ3n) is 7.02. The van der Waals surface area contributed by atoms with E-state index in [4.69, 9.17) is 9.47 Å². The molecule has 0 saturated heterocycles. The van der Waals surface area contributed by atoms with Crippen molar-refractivity contribution in [1.82, 2.24) is 9.13 Å². The molecule has 1 aliphatic carbocycles. The molecule has 0 saturated carbocycles. The zero-order valence-electron chi connectivity index (χ0n) is 20.9. The van der Waals surface area contributed by atoms with Crippen LogP contribution < -0.4 is 20.7 Å². The van der Waals surface area contributed by atoms with Gasteiger partial charge in [0.2, 0.25) is 0 Å². The Morgan fingerprint density at radius 3 is 2.34 bits per heavy atom. The average Bonchev–Trinajstić information content (AvgIpc) is 3.23. The molecule has 4 aromatic rings. The van der Waals surface area contributed by atoms with Crippen molar-refractivity contribution in [3.05, 3.63) is 83.9 Å². The van der Waals surface area contributed by atoms with Gasteiger partial charge in [-0.25, -0.2) is 9.36 Å². The normalized spacial score (nSPS) is 13.2. The number of hydrogen-bond acceptors (Lipinski definition) is 5. The summed E-state index contributed by atoms with van der Waals surface area (Å²) in [6.07, 6.45) is 3.99. The minimum absolute atomic E-state index is 0.276. The molecule has 2 heterocycles. The van der Waals surface area contributed by atoms with Gasteiger partial charge in [-0.1, -0.05) is 17.7 Å². The van der Waals surface area contributed by atoms with Crippen LogP contribution in [0.2, 0.25) is 0 Å². The van der Waals surface area contributed by atoms with Gasteiger partial charge in [0.25, 0.3) is 5.56 Å². The van der Waals surface area contributed by atoms with E-state index in [1.165, 1.54) is 22.1 Å². The standard InChI is InChI=1S/C28H30N2O4S/c1-16-12-17(2)21(18(3)13-16)15-29-27-25(20-8-6-7-9-24(20)35-27)26(31)30(28(29)32)22-11-10-19(33-4)14-23(22)34-5/h10-14H,6-9,15H2,1-5H3. The van der Waals surface area contributed by atoms with E-state index in [9.17, 15) is 9.59 Å². The van der Waals surface area contributed by atoms with Crippen molar-refractivity contribution in [3.8, 4) is 17.2 Å². The van der Waals surface area contributed by atoms with E-state index in [-0.39, 0.29) is 11.2 Å². The molecular formula is C28H30N2O4S. The van der Waals surface area contributed by atoms with Crippen molar-refractivity contribution in [1.29, 1.82) is 0 Å². The number of rotatable bonds is 5. The lowest BCUT2D eigenvalue weighted by atomic mass is 9.97. The van der Waals surface area contributed by atoms with Crippen LogP contribution in [0.15, 0.2) is 39.9 Å². The largest absolute Gasteiger partial charge is 0.497 e. The van der Waals surface area contributed by atoms with Gasteiger partial charge in [-0.2, -0.15) is 0 Å². The number of aromatic nitrogens is 2. The summed E-state index contributed by atoms with van der Waals surface area (Å²) in [7, 11) is 3.11. The number of methoxy groups -OCH3 is 2. The summed E-state index contributed by atoms with van der Waals surface area (Å²) < 4.78 is 14.0. The predicted octanol–water partition coefficient (Wildman–Crippen LogP) is 5.08. The van der Waals surface area contributed by atoms with Crippen LogP contribution in [0.5, 0.6) is 11.5 Å². The molecule has 0 atom stereocenters. The van der Waals surface area contributed by atoms with Gasteiger partial charge in [-0.15, -0.1) is 11.3 Å². The second-order valence-corrected chi connectivity index (χ2v) is 10.4. The summed E-state index contributed by atoms with van der Waals surface area (Å²) in [5.41, 5.74) is 5.48. The van der Waals surface area contributed by atoms with Crippen molar-refractivity contribution >= 4 is 21.6 Å². The Kier molecular flexibility index (Phi) is 6.05. The Hall–Kier alpha value is -3.32. The molecule has 0 unspecified atom stereocenters. The molecule has 2 aromatic heterocycles. The first-order valence-corrected chi connectivity index (χ1v) is 12.7. The molecule has 35 heavy (non-hydrogen) atoms. The highest BCUT2D eigenvalue weighted by Gasteiger charge is 2.25. The first kappa shape index (κ1) is 23.4. The number of fused-ring (bicyclic) bond motifs is 3. The Bertz CT molecular complexity index is 1550. The van der Waals surface area contributed by atoms with Gasteiger partial charge in [-0.3, -0.25) is 9.36 Å². The van der Waals surface area contributed by atoms with E-state index in [2.05, 4.69) is 32.9 Å². The van der Waals surface area contributed by atoms with Crippen molar-refractivity contribution in [2.24, 2.45) is 0 Å². The van der Waals surface area contributed by atoms with Gasteiger partial charge in [0.05, 0.1) is 31.8 Å². The maximum Gasteiger partial charge on any atom is 0.337 e. The van der Waals surface area contributed by atoms with E-state index < -0.39 is 0 Å². The Morgan fingerprint density at radius 1 is 0.943 bits per heavy atom. The zero-order valence-corrected chi connectivity index (χ0v) is 21.7. The van der Waals surface area contributed by atoms with Crippen molar-refractivity contribution < 1.29 is 9.47 Å². The fourth-order valence-electron chi connectivity index (χ4n) is 5.31. The summed E-state index contributed by atoms with van der Waals surface area (Å²) in [5, 5.41) is 0.671. The molecule has 0 fully saturated rings. The zero-order chi connectivity index (χ0) is 24.9. The van der Waals surface area contributed by atoms with Crippen LogP contribution in [0.1, 0.15) is 45.5 Å². The summed E-state index contributed by atoms with van der Waals surface area (Å²) in [6, 6.07) is 9.46. The van der Waals surface area contributed by atoms with Crippen LogP contribution in [0.25, 0.3) is 15.9 Å². The highest BCUT2D eigenvalue weighted by molar-refractivity contribution is 7.18. The van der Waals surface area contributed by atoms with E-state index in [0.29, 0.717) is 29.1 Å². The Balaban J connectivity index is 1.85. The average molecular weight is 491 g/mol. The second-order valence-electron chi connectivity index (χ2n) is 9.32. The van der Waals surface area contributed by atoms with E-state index in [0.717, 1.165) is 52.8 Å². The second kappa shape index (κ2) is 9.04. The van der Waals surface area contributed by atoms with Gasteiger partial charge in [0.1, 0.15) is 16.3 Å². The quantitative estimate of drug-likeness (QED) is 0.391. The summed E-state index contributed by atoms with van der Waals surface area (Å²) in [6.45, 7) is 6.65. The minimum atomic E-state index is -0.357. The maximum atomic E-state index is 14.1. The van der Waals surface area contributed by atoms with Gasteiger partial charge < -0.3 is 9.47 Å². The first-order valence-electron chi connectivity index (χ1n) is 11.9. The summed E-state index contributed by atoms with van der Waals surface area (Å²) in [5.74, 6) is 1.01. The lowest BCUT2D eigenvalue weighted by Gasteiger charge is -2.17. The molecule has 0 amide bonds. The molecular weight excluding hydrogens is 460 g/mol. The molecule has 0 bridgehead atoms. The Morgan fingerprint density at radius 2 is 1.66 bits per heavy atom. The van der Waals surface area contributed by atoms with E-state index in [1.54, 1.807) is 41.2 Å². The number of nitrogens with zero attached hydrogens (tertiary/aromatic N) is 2. The van der Waals surface area contributed by atoms with Crippen LogP contribution in [0.3, 0.4) is 0 Å². The molecule has 7 heteroatoms. The summed E-state index contributed by atoms with van der Waals surface area (Å²) >= 11 is 1.61. The molecule has 182 valence electrons. The van der Waals surface area contributed by atoms with Crippen LogP contribution in [0, 0.1) is 20.8 Å². The molecule has 0 aliphatic heterocycles. The van der Waals surface area contributed by atoms with Gasteiger partial charge in [0, 0.05) is 10.9 Å². The highest BCUT2D eigenvalue weighted by atomic mass is 32.1. The monoisotopic (exact) mass is 490 g/mol. The van der Waals surface area contributed by atoms with Crippen molar-refractivity contribution in [2.45, 2.75) is 53.0 Å². The molecule has 0 N–H and O–H groups in total. The predicted molar refractivity (Wildman–Crippen MR) is 141 cm³/mol. The van der Waals surface area contributed by atoms with Gasteiger partial charge in [0.15, 0.2) is 0 Å². The molecule has 5 rings (SSSR count). The van der Waals surface area contributed by atoms with E-state index >= 15 is 0 Å². The van der Waals surface area contributed by atoms with E-state index in [1.807, 2.05) is 0 Å². The fourth-order valence-corrected chi connectivity index (χ4v) is 6.68. The first-order chi connectivity index (χ1) is 16.8. The van der Waals surface area contributed by atoms with Crippen LogP contribution >= 0.6 is 11.3 Å². The third-order valence-corrected chi connectivity index (χ3v) is 8.34. The fraction of sp³-hybridized carbons (Fsp3) is 0.357.